The molecule has 7 nitrogen and oxygen atoms in total. The highest BCUT2D eigenvalue weighted by molar-refractivity contribution is 5.82. The normalized spacial score (nSPS) is 21.9. The van der Waals surface area contributed by atoms with Gasteiger partial charge in [-0.25, -0.2) is 0 Å². The first-order chi connectivity index (χ1) is 10.3. The summed E-state index contributed by atoms with van der Waals surface area (Å²) in [5.74, 6) is -0.553. The fourth-order valence-electron chi connectivity index (χ4n) is 2.59. The summed E-state index contributed by atoms with van der Waals surface area (Å²) < 4.78 is 5.58. The van der Waals surface area contributed by atoms with E-state index in [4.69, 9.17) is 4.74 Å². The summed E-state index contributed by atoms with van der Waals surface area (Å²) in [7, 11) is 0. The number of nitrogens with zero attached hydrogens (tertiary/aromatic N) is 1. The second-order valence-corrected chi connectivity index (χ2v) is 6.06. The Kier molecular flexibility index (Phi) is 4.77. The number of rotatable bonds is 4. The summed E-state index contributed by atoms with van der Waals surface area (Å²) in [4.78, 5) is 22.3. The summed E-state index contributed by atoms with van der Waals surface area (Å²) in [5, 5.41) is 23.6. The quantitative estimate of drug-likeness (QED) is 0.651. The third-order valence-electron chi connectivity index (χ3n) is 3.69. The predicted molar refractivity (Wildman–Crippen MR) is 79.3 cm³/mol. The van der Waals surface area contributed by atoms with E-state index in [1.54, 1.807) is 0 Å². The number of nitro benzene ring substituents is 1. The van der Waals surface area contributed by atoms with Crippen LogP contribution >= 0.6 is 0 Å². The molecule has 0 unspecified atom stereocenters. The lowest BCUT2D eigenvalue weighted by Gasteiger charge is -2.36. The van der Waals surface area contributed by atoms with Gasteiger partial charge >= 0.3 is 0 Å². The molecule has 1 amide bonds. The van der Waals surface area contributed by atoms with E-state index in [0.29, 0.717) is 19.4 Å². The Morgan fingerprint density at radius 3 is 2.91 bits per heavy atom. The van der Waals surface area contributed by atoms with Gasteiger partial charge in [-0.2, -0.15) is 0 Å². The van der Waals surface area contributed by atoms with Gasteiger partial charge in [-0.05, 0) is 32.3 Å². The van der Waals surface area contributed by atoms with Gasteiger partial charge in [0.2, 0.25) is 0 Å². The second-order valence-electron chi connectivity index (χ2n) is 6.06. The third kappa shape index (κ3) is 4.02. The monoisotopic (exact) mass is 308 g/mol. The molecule has 2 N–H and O–H groups in total. The number of carbonyl (C=O) groups excluding carboxylic acids is 1. The molecule has 0 aromatic heterocycles. The molecule has 0 radical (unpaired) electrons. The number of aliphatic hydroxyl groups excluding tert-OH is 1. The largest absolute Gasteiger partial charge is 0.378 e. The first kappa shape index (κ1) is 16.4. The Hall–Kier alpha value is -1.99. The fourth-order valence-corrected chi connectivity index (χ4v) is 2.59. The molecule has 0 bridgehead atoms. The van der Waals surface area contributed by atoms with Crippen LogP contribution in [0.3, 0.4) is 0 Å². The van der Waals surface area contributed by atoms with Crippen LogP contribution in [0.1, 0.15) is 38.4 Å². The zero-order valence-electron chi connectivity index (χ0n) is 12.6. The molecule has 1 fully saturated rings. The van der Waals surface area contributed by atoms with Crippen LogP contribution in [0.2, 0.25) is 0 Å². The Morgan fingerprint density at radius 1 is 1.55 bits per heavy atom. The molecule has 1 saturated heterocycles. The highest BCUT2D eigenvalue weighted by atomic mass is 16.6. The van der Waals surface area contributed by atoms with Crippen LogP contribution in [0, 0.1) is 10.1 Å². The van der Waals surface area contributed by atoms with Crippen molar-refractivity contribution in [3.63, 3.8) is 0 Å². The topological polar surface area (TPSA) is 102 Å². The van der Waals surface area contributed by atoms with E-state index in [1.807, 2.05) is 13.8 Å². The van der Waals surface area contributed by atoms with E-state index in [9.17, 15) is 20.0 Å². The molecule has 22 heavy (non-hydrogen) atoms. The van der Waals surface area contributed by atoms with Gasteiger partial charge in [0.05, 0.1) is 10.5 Å². The average Bonchev–Trinajstić information content (AvgIpc) is 2.45. The van der Waals surface area contributed by atoms with Gasteiger partial charge in [0, 0.05) is 24.8 Å². The van der Waals surface area contributed by atoms with Crippen LogP contribution < -0.4 is 5.32 Å². The molecule has 120 valence electrons. The Morgan fingerprint density at radius 2 is 2.27 bits per heavy atom. The Balaban J connectivity index is 2.03. The van der Waals surface area contributed by atoms with E-state index in [-0.39, 0.29) is 22.9 Å². The lowest BCUT2D eigenvalue weighted by molar-refractivity contribution is -0.385. The van der Waals surface area contributed by atoms with Crippen molar-refractivity contribution in [2.75, 3.05) is 6.61 Å². The highest BCUT2D eigenvalue weighted by Gasteiger charge is 2.31. The first-order valence-electron chi connectivity index (χ1n) is 7.15. The van der Waals surface area contributed by atoms with E-state index in [1.165, 1.54) is 24.3 Å². The Bertz CT molecular complexity index is 573. The van der Waals surface area contributed by atoms with Crippen LogP contribution in [-0.2, 0) is 9.53 Å². The average molecular weight is 308 g/mol. The van der Waals surface area contributed by atoms with Gasteiger partial charge in [-0.3, -0.25) is 14.9 Å². The van der Waals surface area contributed by atoms with E-state index in [0.717, 1.165) is 0 Å². The molecule has 7 heteroatoms. The zero-order chi connectivity index (χ0) is 16.3. The van der Waals surface area contributed by atoms with Gasteiger partial charge in [0.25, 0.3) is 11.6 Å². The van der Waals surface area contributed by atoms with Crippen LogP contribution in [0.4, 0.5) is 5.69 Å². The molecule has 1 aromatic rings. The second kappa shape index (κ2) is 6.41. The number of carbonyl (C=O) groups is 1. The maximum Gasteiger partial charge on any atom is 0.269 e. The van der Waals surface area contributed by atoms with E-state index in [2.05, 4.69) is 5.32 Å². The minimum Gasteiger partial charge on any atom is -0.378 e. The van der Waals surface area contributed by atoms with Gasteiger partial charge < -0.3 is 15.2 Å². The minimum absolute atomic E-state index is 0.0791. The van der Waals surface area contributed by atoms with Crippen LogP contribution in [-0.4, -0.2) is 34.2 Å². The number of nitro groups is 1. The van der Waals surface area contributed by atoms with Gasteiger partial charge in [0.15, 0.2) is 6.10 Å². The standard InChI is InChI=1S/C15H20N2O5/c1-15(2)9-11(6-7-22-15)16-14(19)13(18)10-4-3-5-12(8-10)17(20)21/h3-5,8,11,13,18H,6-7,9H2,1-2H3,(H,16,19)/t11-,13+/m0/s1. The lowest BCUT2D eigenvalue weighted by atomic mass is 9.93. The SMILES string of the molecule is CC1(C)C[C@@H](NC(=O)[C@H](O)c2cccc([N+](=O)[O-])c2)CCO1. The van der Waals surface area contributed by atoms with Crippen LogP contribution in [0.25, 0.3) is 0 Å². The number of hydrogen-bond donors (Lipinski definition) is 2. The number of aliphatic hydroxyl groups is 1. The van der Waals surface area contributed by atoms with Crippen LogP contribution in [0.15, 0.2) is 24.3 Å². The van der Waals surface area contributed by atoms with Crippen molar-refractivity contribution in [1.29, 1.82) is 0 Å². The van der Waals surface area contributed by atoms with Crippen molar-refractivity contribution in [3.8, 4) is 0 Å². The molecule has 1 heterocycles. The fraction of sp³-hybridized carbons (Fsp3) is 0.533. The highest BCUT2D eigenvalue weighted by Crippen LogP contribution is 2.25. The van der Waals surface area contributed by atoms with Crippen molar-refractivity contribution in [2.45, 2.75) is 44.4 Å². The molecule has 1 aliphatic heterocycles. The number of benzene rings is 1. The van der Waals surface area contributed by atoms with Gasteiger partial charge in [0.1, 0.15) is 0 Å². The minimum atomic E-state index is -1.43. The number of ether oxygens (including phenoxy) is 1. The number of non-ortho nitro benzene ring substituents is 1. The number of hydrogen-bond acceptors (Lipinski definition) is 5. The van der Waals surface area contributed by atoms with Crippen molar-refractivity contribution in [3.05, 3.63) is 39.9 Å². The Labute approximate surface area is 128 Å². The maximum absolute atomic E-state index is 12.1. The van der Waals surface area contributed by atoms with Crippen molar-refractivity contribution in [2.24, 2.45) is 0 Å². The summed E-state index contributed by atoms with van der Waals surface area (Å²) in [6.07, 6.45) is -0.0946. The van der Waals surface area contributed by atoms with Crippen molar-refractivity contribution < 1.29 is 19.6 Å². The first-order valence-corrected chi connectivity index (χ1v) is 7.15. The summed E-state index contributed by atoms with van der Waals surface area (Å²) >= 11 is 0. The summed E-state index contributed by atoms with van der Waals surface area (Å²) in [6, 6.07) is 5.38. The van der Waals surface area contributed by atoms with Crippen LogP contribution in [0.5, 0.6) is 0 Å². The van der Waals surface area contributed by atoms with Gasteiger partial charge in [-0.15, -0.1) is 0 Å². The van der Waals surface area contributed by atoms with Crippen molar-refractivity contribution in [1.82, 2.24) is 5.32 Å². The van der Waals surface area contributed by atoms with E-state index >= 15 is 0 Å². The molecular formula is C15H20N2O5. The number of nitrogens with one attached hydrogen (secondary N) is 1. The maximum atomic E-state index is 12.1. The molecule has 2 rings (SSSR count). The lowest BCUT2D eigenvalue weighted by Crippen LogP contribution is -2.47. The molecule has 0 spiro atoms. The smallest absolute Gasteiger partial charge is 0.269 e. The third-order valence-corrected chi connectivity index (χ3v) is 3.69. The molecule has 0 saturated carbocycles. The molecule has 1 aliphatic rings. The van der Waals surface area contributed by atoms with Crippen molar-refractivity contribution >= 4 is 11.6 Å². The number of amides is 1. The molecule has 2 atom stereocenters. The van der Waals surface area contributed by atoms with E-state index < -0.39 is 16.9 Å². The summed E-state index contributed by atoms with van der Waals surface area (Å²) in [5.41, 5.74) is -0.262. The predicted octanol–water partition coefficient (Wildman–Crippen LogP) is 1.70. The molecular weight excluding hydrogens is 288 g/mol. The van der Waals surface area contributed by atoms with Gasteiger partial charge in [-0.1, -0.05) is 12.1 Å². The summed E-state index contributed by atoms with van der Waals surface area (Å²) in [6.45, 7) is 4.44. The zero-order valence-corrected chi connectivity index (χ0v) is 12.6. The molecule has 0 aliphatic carbocycles. The molecule has 1 aromatic carbocycles.